The van der Waals surface area contributed by atoms with Crippen LogP contribution < -0.4 is 11.1 Å². The Hall–Kier alpha value is -2.76. The lowest BCUT2D eigenvalue weighted by molar-refractivity contribution is -0.147. The number of carbonyl (C=O) groups is 4. The molecule has 3 amide bonds. The van der Waals surface area contributed by atoms with Gasteiger partial charge in [-0.3, -0.25) is 14.4 Å². The van der Waals surface area contributed by atoms with Crippen LogP contribution >= 0.6 is 0 Å². The molecule has 1 heterocycles. The normalized spacial score (nSPS) is 23.2. The third kappa shape index (κ3) is 8.67. The first kappa shape index (κ1) is 36.4. The Morgan fingerprint density at radius 2 is 1.81 bits per heavy atom. The number of hydrogen-bond acceptors (Lipinski definition) is 7. The summed E-state index contributed by atoms with van der Waals surface area (Å²) in [6.07, 6.45) is 6.40. The highest BCUT2D eigenvalue weighted by Crippen LogP contribution is 2.30. The summed E-state index contributed by atoms with van der Waals surface area (Å²) in [7, 11) is 4.78. The van der Waals surface area contributed by atoms with Crippen molar-refractivity contribution in [3.05, 3.63) is 23.8 Å². The van der Waals surface area contributed by atoms with Crippen molar-refractivity contribution in [1.82, 2.24) is 15.1 Å². The number of hydrogen-bond donors (Lipinski definition) is 3. The van der Waals surface area contributed by atoms with Crippen molar-refractivity contribution in [2.75, 3.05) is 27.8 Å². The molecule has 0 spiro atoms. The summed E-state index contributed by atoms with van der Waals surface area (Å²) in [4.78, 5) is 55.8. The summed E-state index contributed by atoms with van der Waals surface area (Å²) >= 11 is 0. The van der Waals surface area contributed by atoms with Crippen LogP contribution in [0.3, 0.4) is 0 Å². The molecular formula is C32H54N4O7. The van der Waals surface area contributed by atoms with E-state index in [-0.39, 0.29) is 48.1 Å². The molecule has 1 aliphatic carbocycles. The van der Waals surface area contributed by atoms with Crippen LogP contribution in [0.1, 0.15) is 67.2 Å². The van der Waals surface area contributed by atoms with E-state index in [9.17, 15) is 24.3 Å². The molecule has 11 heteroatoms. The minimum absolute atomic E-state index is 0.0357. The predicted octanol–water partition coefficient (Wildman–Crippen LogP) is 2.59. The van der Waals surface area contributed by atoms with Crippen LogP contribution in [0.2, 0.25) is 0 Å². The quantitative estimate of drug-likeness (QED) is 0.243. The van der Waals surface area contributed by atoms with Crippen molar-refractivity contribution in [2.24, 2.45) is 29.4 Å². The van der Waals surface area contributed by atoms with Gasteiger partial charge in [0.15, 0.2) is 0 Å². The van der Waals surface area contributed by atoms with Crippen molar-refractivity contribution in [1.29, 1.82) is 0 Å². The fourth-order valence-electron chi connectivity index (χ4n) is 6.34. The molecule has 0 saturated carbocycles. The van der Waals surface area contributed by atoms with Gasteiger partial charge in [-0.1, -0.05) is 66.2 Å². The maximum absolute atomic E-state index is 13.8. The predicted molar refractivity (Wildman–Crippen MR) is 165 cm³/mol. The molecule has 4 N–H and O–H groups in total. The summed E-state index contributed by atoms with van der Waals surface area (Å²) in [5, 5.41) is 12.5. The van der Waals surface area contributed by atoms with Crippen LogP contribution in [0.25, 0.3) is 0 Å². The molecule has 1 saturated heterocycles. The van der Waals surface area contributed by atoms with Gasteiger partial charge in [0.05, 0.1) is 42.7 Å². The average Bonchev–Trinajstić information content (AvgIpc) is 3.63. The first-order chi connectivity index (χ1) is 20.2. The smallest absolute Gasteiger partial charge is 0.330 e. The van der Waals surface area contributed by atoms with E-state index in [0.29, 0.717) is 18.5 Å². The van der Waals surface area contributed by atoms with Crippen LogP contribution in [0.4, 0.5) is 0 Å². The Bertz CT molecular complexity index is 1040. The largest absolute Gasteiger partial charge is 0.479 e. The second kappa shape index (κ2) is 16.4. The molecule has 11 nitrogen and oxygen atoms in total. The van der Waals surface area contributed by atoms with E-state index in [1.54, 1.807) is 43.0 Å². The van der Waals surface area contributed by atoms with E-state index < -0.39 is 42.1 Å². The van der Waals surface area contributed by atoms with Crippen LogP contribution in [-0.2, 0) is 28.7 Å². The maximum atomic E-state index is 13.8. The highest BCUT2D eigenvalue weighted by atomic mass is 16.5. The number of likely N-dealkylation sites (N-methyl/N-ethyl adjacent to an activating group) is 1. The van der Waals surface area contributed by atoms with Gasteiger partial charge in [0, 0.05) is 27.8 Å². The monoisotopic (exact) mass is 606 g/mol. The van der Waals surface area contributed by atoms with Gasteiger partial charge in [-0.25, -0.2) is 4.79 Å². The highest BCUT2D eigenvalue weighted by Gasteiger charge is 2.43. The molecule has 1 unspecified atom stereocenters. The molecule has 244 valence electrons. The number of carboxylic acids is 1. The van der Waals surface area contributed by atoms with Crippen molar-refractivity contribution in [3.8, 4) is 0 Å². The zero-order valence-corrected chi connectivity index (χ0v) is 27.4. The topological polar surface area (TPSA) is 152 Å². The Morgan fingerprint density at radius 3 is 2.30 bits per heavy atom. The molecule has 1 aliphatic heterocycles. The van der Waals surface area contributed by atoms with Crippen molar-refractivity contribution in [2.45, 2.75) is 104 Å². The Balaban J connectivity index is 2.22. The van der Waals surface area contributed by atoms with E-state index in [1.165, 1.54) is 7.11 Å². The van der Waals surface area contributed by atoms with Gasteiger partial charge in [0.25, 0.3) is 0 Å². The molecule has 2 rings (SSSR count). The molecule has 2 aliphatic rings. The summed E-state index contributed by atoms with van der Waals surface area (Å²) in [5.41, 5.74) is 6.81. The van der Waals surface area contributed by atoms with Crippen molar-refractivity contribution in [3.63, 3.8) is 0 Å². The van der Waals surface area contributed by atoms with E-state index in [4.69, 9.17) is 15.2 Å². The number of allylic oxidation sites excluding steroid dienone is 3. The second-order valence-corrected chi connectivity index (χ2v) is 12.5. The molecule has 0 aromatic carbocycles. The van der Waals surface area contributed by atoms with Gasteiger partial charge in [-0.05, 0) is 36.2 Å². The number of carboxylic acid groups (broad SMARTS) is 1. The third-order valence-corrected chi connectivity index (χ3v) is 9.34. The number of amides is 3. The number of aliphatic carboxylic acids is 1. The summed E-state index contributed by atoms with van der Waals surface area (Å²) in [6, 6.07) is -2.55. The number of rotatable bonds is 16. The first-order valence-electron chi connectivity index (χ1n) is 15.5. The second-order valence-electron chi connectivity index (χ2n) is 12.5. The summed E-state index contributed by atoms with van der Waals surface area (Å²) in [6.45, 7) is 12.0. The lowest BCUT2D eigenvalue weighted by atomic mass is 9.89. The molecular weight excluding hydrogens is 552 g/mol. The van der Waals surface area contributed by atoms with Crippen LogP contribution in [0, 0.1) is 23.7 Å². The number of nitrogens with zero attached hydrogens (tertiary/aromatic N) is 2. The number of likely N-dealkylation sites (tertiary alicyclic amines) is 1. The van der Waals surface area contributed by atoms with Crippen molar-refractivity contribution >= 4 is 23.7 Å². The zero-order chi connectivity index (χ0) is 32.6. The average molecular weight is 607 g/mol. The number of methoxy groups -OCH3 is 2. The van der Waals surface area contributed by atoms with Crippen LogP contribution in [-0.4, -0.2) is 103 Å². The Kier molecular flexibility index (Phi) is 13.9. The molecule has 0 radical (unpaired) electrons. The number of carbonyl (C=O) groups excluding carboxylic acids is 3. The van der Waals surface area contributed by atoms with Gasteiger partial charge < -0.3 is 35.4 Å². The van der Waals surface area contributed by atoms with Crippen LogP contribution in [0.5, 0.6) is 0 Å². The van der Waals surface area contributed by atoms with E-state index in [1.807, 2.05) is 40.7 Å². The van der Waals surface area contributed by atoms with Crippen LogP contribution in [0.15, 0.2) is 23.8 Å². The fraction of sp³-hybridized carbons (Fsp3) is 0.750. The Morgan fingerprint density at radius 1 is 1.16 bits per heavy atom. The molecule has 0 bridgehead atoms. The molecule has 1 fully saturated rings. The van der Waals surface area contributed by atoms with E-state index in [0.717, 1.165) is 12.8 Å². The molecule has 43 heavy (non-hydrogen) atoms. The zero-order valence-electron chi connectivity index (χ0n) is 27.4. The van der Waals surface area contributed by atoms with Gasteiger partial charge in [0.2, 0.25) is 17.7 Å². The van der Waals surface area contributed by atoms with Gasteiger partial charge in [-0.15, -0.1) is 0 Å². The molecule has 0 aromatic rings. The van der Waals surface area contributed by atoms with E-state index in [2.05, 4.69) is 5.32 Å². The van der Waals surface area contributed by atoms with Gasteiger partial charge >= 0.3 is 5.97 Å². The van der Waals surface area contributed by atoms with Gasteiger partial charge in [0.1, 0.15) is 6.04 Å². The summed E-state index contributed by atoms with van der Waals surface area (Å²) in [5.74, 6) is -2.72. The molecule has 0 aromatic heterocycles. The van der Waals surface area contributed by atoms with Crippen molar-refractivity contribution < 1.29 is 33.8 Å². The number of ether oxygens (including phenoxy) is 2. The third-order valence-electron chi connectivity index (χ3n) is 9.34. The molecule has 9 atom stereocenters. The Labute approximate surface area is 257 Å². The number of nitrogens with one attached hydrogen (secondary N) is 1. The highest BCUT2D eigenvalue weighted by molar-refractivity contribution is 5.88. The minimum atomic E-state index is -1.15. The first-order valence-corrected chi connectivity index (χ1v) is 15.5. The fourth-order valence-corrected chi connectivity index (χ4v) is 6.34. The maximum Gasteiger partial charge on any atom is 0.330 e. The lowest BCUT2D eigenvalue weighted by Gasteiger charge is -2.40. The lowest BCUT2D eigenvalue weighted by Crippen LogP contribution is -2.56. The van der Waals surface area contributed by atoms with Gasteiger partial charge in [-0.2, -0.15) is 0 Å². The standard InChI is InChI=1S/C32H54N4O7/c1-10-19(4)28(35(7)31(39)26(33)18(2)3)24(42-8)17-25(37)36-16-12-15-23(36)29(43-9)21(6)30(38)34-27(32(40)41)22-14-11-13-20(22)5/h11,13-14,18-21,23-24,26-29H,10,12,15-17,33H2,1-9H3,(H,34,38)(H,40,41)/t19-,20-,21+,23-,24+,26-,27?,28-,29+/m0/s1. The van der Waals surface area contributed by atoms with E-state index >= 15 is 0 Å². The minimum Gasteiger partial charge on any atom is -0.479 e. The number of nitrogens with two attached hydrogens (primary N) is 1. The summed E-state index contributed by atoms with van der Waals surface area (Å²) < 4.78 is 11.7. The SMILES string of the molecule is CC[C@H](C)[C@@H]([C@@H](CC(=O)N1CCC[C@H]1[C@H](OC)[C@@H](C)C(=O)NC(C(=O)O)C1=CC=C[C@@H]1C)OC)N(C)C(=O)[C@@H](N)C(C)C.